The lowest BCUT2D eigenvalue weighted by Crippen LogP contribution is -2.32. The normalized spacial score (nSPS) is 18.2. The summed E-state index contributed by atoms with van der Waals surface area (Å²) in [5, 5.41) is 3.65. The van der Waals surface area contributed by atoms with Crippen LogP contribution in [0.2, 0.25) is 0 Å². The van der Waals surface area contributed by atoms with Gasteiger partial charge in [-0.15, -0.1) is 0 Å². The molecule has 1 aliphatic carbocycles. The molecule has 0 aliphatic heterocycles. The minimum absolute atomic E-state index is 0.562. The predicted molar refractivity (Wildman–Crippen MR) is 72.6 cm³/mol. The van der Waals surface area contributed by atoms with E-state index in [1.807, 2.05) is 0 Å². The van der Waals surface area contributed by atoms with Crippen LogP contribution in [0, 0.1) is 12.8 Å². The first kappa shape index (κ1) is 12.1. The Labute approximate surface area is 107 Å². The lowest BCUT2D eigenvalue weighted by atomic mass is 9.76. The van der Waals surface area contributed by atoms with Crippen molar-refractivity contribution in [3.05, 3.63) is 33.8 Å². The van der Waals surface area contributed by atoms with Gasteiger partial charge in [-0.05, 0) is 55.5 Å². The Balaban J connectivity index is 2.23. The summed E-state index contributed by atoms with van der Waals surface area (Å²) < 4.78 is 1.18. The molecule has 1 aliphatic rings. The molecule has 0 spiro atoms. The van der Waals surface area contributed by atoms with Crippen LogP contribution in [0.5, 0.6) is 0 Å². The largest absolute Gasteiger partial charge is 0.310 e. The number of aryl methyl sites for hydroxylation is 1. The van der Waals surface area contributed by atoms with Crippen molar-refractivity contribution in [2.45, 2.75) is 39.2 Å². The van der Waals surface area contributed by atoms with Crippen molar-refractivity contribution in [3.63, 3.8) is 0 Å². The van der Waals surface area contributed by atoms with E-state index in [9.17, 15) is 0 Å². The van der Waals surface area contributed by atoms with Crippen LogP contribution >= 0.6 is 15.9 Å². The highest BCUT2D eigenvalue weighted by atomic mass is 79.9. The fourth-order valence-electron chi connectivity index (χ4n) is 2.51. The maximum atomic E-state index is 3.65. The number of hydrogen-bond acceptors (Lipinski definition) is 1. The molecule has 0 amide bonds. The first-order valence-electron chi connectivity index (χ1n) is 6.21. The molecule has 1 nitrogen and oxygen atoms in total. The molecule has 1 aromatic carbocycles. The van der Waals surface area contributed by atoms with Crippen LogP contribution in [0.25, 0.3) is 0 Å². The van der Waals surface area contributed by atoms with Gasteiger partial charge >= 0.3 is 0 Å². The van der Waals surface area contributed by atoms with Crippen molar-refractivity contribution in [1.82, 2.24) is 5.32 Å². The monoisotopic (exact) mass is 281 g/mol. The second kappa shape index (κ2) is 5.33. The maximum Gasteiger partial charge on any atom is 0.0351 e. The van der Waals surface area contributed by atoms with E-state index in [1.54, 1.807) is 0 Å². The molecule has 1 aromatic rings. The van der Waals surface area contributed by atoms with Crippen LogP contribution in [0.3, 0.4) is 0 Å². The van der Waals surface area contributed by atoms with Crippen LogP contribution in [0.15, 0.2) is 22.7 Å². The lowest BCUT2D eigenvalue weighted by Gasteiger charge is -2.35. The number of hydrogen-bond donors (Lipinski definition) is 1. The minimum atomic E-state index is 0.562. The molecule has 1 atom stereocenters. The van der Waals surface area contributed by atoms with Crippen molar-refractivity contribution < 1.29 is 0 Å². The van der Waals surface area contributed by atoms with E-state index >= 15 is 0 Å². The summed E-state index contributed by atoms with van der Waals surface area (Å²) in [5.41, 5.74) is 2.88. The predicted octanol–water partition coefficient (Wildman–Crippen LogP) is 4.21. The van der Waals surface area contributed by atoms with Crippen molar-refractivity contribution in [1.29, 1.82) is 0 Å². The van der Waals surface area contributed by atoms with Gasteiger partial charge in [0.2, 0.25) is 0 Å². The first-order valence-corrected chi connectivity index (χ1v) is 7.01. The van der Waals surface area contributed by atoms with Gasteiger partial charge in [0.1, 0.15) is 0 Å². The van der Waals surface area contributed by atoms with Gasteiger partial charge in [0, 0.05) is 10.5 Å². The molecule has 2 heteroatoms. The molecule has 0 heterocycles. The van der Waals surface area contributed by atoms with Crippen molar-refractivity contribution in [2.75, 3.05) is 6.54 Å². The summed E-state index contributed by atoms with van der Waals surface area (Å²) in [6.45, 7) is 5.46. The highest BCUT2D eigenvalue weighted by Gasteiger charge is 2.28. The summed E-state index contributed by atoms with van der Waals surface area (Å²) in [6.07, 6.45) is 4.17. The van der Waals surface area contributed by atoms with Crippen LogP contribution in [0.4, 0.5) is 0 Å². The Morgan fingerprint density at radius 1 is 1.44 bits per heavy atom. The zero-order valence-electron chi connectivity index (χ0n) is 10.1. The zero-order chi connectivity index (χ0) is 11.5. The fraction of sp³-hybridized carbons (Fsp3) is 0.571. The molecule has 0 aromatic heterocycles. The highest BCUT2D eigenvalue weighted by Crippen LogP contribution is 2.39. The zero-order valence-corrected chi connectivity index (χ0v) is 11.7. The minimum Gasteiger partial charge on any atom is -0.310 e. The van der Waals surface area contributed by atoms with E-state index in [2.05, 4.69) is 53.3 Å². The second-order valence-electron chi connectivity index (χ2n) is 4.73. The summed E-state index contributed by atoms with van der Waals surface area (Å²) in [4.78, 5) is 0. The molecule has 0 saturated heterocycles. The summed E-state index contributed by atoms with van der Waals surface area (Å²) in [6, 6.07) is 7.21. The Morgan fingerprint density at radius 2 is 2.19 bits per heavy atom. The third-order valence-electron chi connectivity index (χ3n) is 3.61. The first-order chi connectivity index (χ1) is 7.72. The third-order valence-corrected chi connectivity index (χ3v) is 4.11. The SMILES string of the molecule is CCNC(c1ccc(Br)cc1C)C1CCC1. The number of halogens is 1. The second-order valence-corrected chi connectivity index (χ2v) is 5.64. The molecule has 0 radical (unpaired) electrons. The van der Waals surface area contributed by atoms with E-state index in [0.717, 1.165) is 12.5 Å². The Kier molecular flexibility index (Phi) is 4.04. The summed E-state index contributed by atoms with van der Waals surface area (Å²) in [7, 11) is 0. The van der Waals surface area contributed by atoms with Gasteiger partial charge in [-0.1, -0.05) is 35.3 Å². The van der Waals surface area contributed by atoms with Gasteiger partial charge in [-0.25, -0.2) is 0 Å². The summed E-state index contributed by atoms with van der Waals surface area (Å²) >= 11 is 3.53. The molecule has 88 valence electrons. The van der Waals surface area contributed by atoms with Crippen LogP contribution < -0.4 is 5.32 Å². The summed E-state index contributed by atoms with van der Waals surface area (Å²) in [5.74, 6) is 0.847. The molecule has 0 bridgehead atoms. The fourth-order valence-corrected chi connectivity index (χ4v) is 2.99. The van der Waals surface area contributed by atoms with Gasteiger partial charge < -0.3 is 5.32 Å². The van der Waals surface area contributed by atoms with Gasteiger partial charge in [0.05, 0.1) is 0 Å². The molecule has 1 unspecified atom stereocenters. The van der Waals surface area contributed by atoms with Gasteiger partial charge in [-0.2, -0.15) is 0 Å². The Bertz CT molecular complexity index is 358. The number of benzene rings is 1. The Hall–Kier alpha value is -0.340. The molecular weight excluding hydrogens is 262 g/mol. The molecule has 1 fully saturated rings. The lowest BCUT2D eigenvalue weighted by molar-refractivity contribution is 0.232. The van der Waals surface area contributed by atoms with Crippen molar-refractivity contribution >= 4 is 15.9 Å². The van der Waals surface area contributed by atoms with Crippen molar-refractivity contribution in [2.24, 2.45) is 5.92 Å². The van der Waals surface area contributed by atoms with E-state index in [4.69, 9.17) is 0 Å². The Morgan fingerprint density at radius 3 is 2.69 bits per heavy atom. The standard InChI is InChI=1S/C14H20BrN/c1-3-16-14(11-5-4-6-11)13-8-7-12(15)9-10(13)2/h7-9,11,14,16H,3-6H2,1-2H3. The van der Waals surface area contributed by atoms with E-state index in [-0.39, 0.29) is 0 Å². The van der Waals surface area contributed by atoms with E-state index in [1.165, 1.54) is 34.9 Å². The van der Waals surface area contributed by atoms with Crippen LogP contribution in [-0.4, -0.2) is 6.54 Å². The molecular formula is C14H20BrN. The average molecular weight is 282 g/mol. The number of rotatable bonds is 4. The van der Waals surface area contributed by atoms with Gasteiger partial charge in [0.25, 0.3) is 0 Å². The average Bonchev–Trinajstić information content (AvgIpc) is 2.14. The third kappa shape index (κ3) is 2.49. The van der Waals surface area contributed by atoms with Gasteiger partial charge in [0.15, 0.2) is 0 Å². The van der Waals surface area contributed by atoms with Crippen LogP contribution in [0.1, 0.15) is 43.4 Å². The molecule has 16 heavy (non-hydrogen) atoms. The smallest absolute Gasteiger partial charge is 0.0351 e. The molecule has 1 saturated carbocycles. The maximum absolute atomic E-state index is 3.65. The topological polar surface area (TPSA) is 12.0 Å². The quantitative estimate of drug-likeness (QED) is 0.872. The number of nitrogens with one attached hydrogen (secondary N) is 1. The van der Waals surface area contributed by atoms with Crippen molar-refractivity contribution in [3.8, 4) is 0 Å². The highest BCUT2D eigenvalue weighted by molar-refractivity contribution is 9.10. The van der Waals surface area contributed by atoms with E-state index < -0.39 is 0 Å². The van der Waals surface area contributed by atoms with E-state index in [0.29, 0.717) is 6.04 Å². The van der Waals surface area contributed by atoms with Gasteiger partial charge in [-0.3, -0.25) is 0 Å². The molecule has 2 rings (SSSR count). The molecule has 1 N–H and O–H groups in total. The van der Waals surface area contributed by atoms with Crippen LogP contribution in [-0.2, 0) is 0 Å².